The standard InChI is InChI=1S/C25H34O4/c1-18(8-5-9-19(2)11-7-13-22-14-15-28-17-22)10-6-12-20(3)16-23-24(26)21(4)25(27)29-23/h8,11,14-17,20,26H,5-7,9-10,12-13H2,1-4H3/b18-8+,19-11+,23-16-/t20-/m0/s1. The third-order valence-corrected chi connectivity index (χ3v) is 5.30. The monoisotopic (exact) mass is 398 g/mol. The summed E-state index contributed by atoms with van der Waals surface area (Å²) < 4.78 is 10.2. The van der Waals surface area contributed by atoms with Gasteiger partial charge in [0.15, 0.2) is 11.5 Å². The fraction of sp³-hybridized carbons (Fsp3) is 0.480. The van der Waals surface area contributed by atoms with Crippen molar-refractivity contribution in [1.29, 1.82) is 0 Å². The molecule has 0 radical (unpaired) electrons. The van der Waals surface area contributed by atoms with Gasteiger partial charge in [0.1, 0.15) is 0 Å². The van der Waals surface area contributed by atoms with E-state index in [2.05, 4.69) is 32.9 Å². The highest BCUT2D eigenvalue weighted by Crippen LogP contribution is 2.26. The van der Waals surface area contributed by atoms with Gasteiger partial charge in [0.25, 0.3) is 0 Å². The van der Waals surface area contributed by atoms with Crippen LogP contribution < -0.4 is 0 Å². The highest BCUT2D eigenvalue weighted by molar-refractivity contribution is 5.93. The molecule has 0 saturated heterocycles. The molecule has 2 heterocycles. The Labute approximate surface area is 174 Å². The van der Waals surface area contributed by atoms with Gasteiger partial charge in [0.2, 0.25) is 0 Å². The van der Waals surface area contributed by atoms with E-state index < -0.39 is 5.97 Å². The molecular weight excluding hydrogens is 364 g/mol. The Bertz CT molecular complexity index is 791. The lowest BCUT2D eigenvalue weighted by Gasteiger charge is -2.08. The van der Waals surface area contributed by atoms with Crippen LogP contribution in [-0.2, 0) is 16.0 Å². The summed E-state index contributed by atoms with van der Waals surface area (Å²) in [6.07, 6.45) is 17.4. The van der Waals surface area contributed by atoms with Gasteiger partial charge in [0.05, 0.1) is 18.1 Å². The lowest BCUT2D eigenvalue weighted by Crippen LogP contribution is -1.97. The molecule has 4 heteroatoms. The summed E-state index contributed by atoms with van der Waals surface area (Å²) in [6.45, 7) is 8.05. The first-order valence-corrected chi connectivity index (χ1v) is 10.5. The Kier molecular flexibility index (Phi) is 9.04. The fourth-order valence-electron chi connectivity index (χ4n) is 3.33. The van der Waals surface area contributed by atoms with Crippen LogP contribution in [0.25, 0.3) is 0 Å². The smallest absolute Gasteiger partial charge is 0.343 e. The first-order valence-electron chi connectivity index (χ1n) is 10.5. The fourth-order valence-corrected chi connectivity index (χ4v) is 3.33. The minimum Gasteiger partial charge on any atom is -0.504 e. The van der Waals surface area contributed by atoms with Gasteiger partial charge in [-0.3, -0.25) is 0 Å². The molecule has 0 aliphatic carbocycles. The zero-order valence-corrected chi connectivity index (χ0v) is 18.2. The summed E-state index contributed by atoms with van der Waals surface area (Å²) in [5, 5.41) is 9.88. The van der Waals surface area contributed by atoms with Crippen molar-refractivity contribution in [3.05, 3.63) is 70.6 Å². The van der Waals surface area contributed by atoms with E-state index in [4.69, 9.17) is 9.15 Å². The van der Waals surface area contributed by atoms with E-state index in [9.17, 15) is 9.90 Å². The molecule has 1 aliphatic rings. The van der Waals surface area contributed by atoms with Crippen LogP contribution in [0, 0.1) is 5.92 Å². The van der Waals surface area contributed by atoms with Crippen molar-refractivity contribution in [3.8, 4) is 0 Å². The highest BCUT2D eigenvalue weighted by Gasteiger charge is 2.26. The summed E-state index contributed by atoms with van der Waals surface area (Å²) in [5.41, 5.74) is 4.39. The van der Waals surface area contributed by atoms with E-state index >= 15 is 0 Å². The van der Waals surface area contributed by atoms with Crippen molar-refractivity contribution in [3.63, 3.8) is 0 Å². The number of allylic oxidation sites excluding steroid dienone is 5. The van der Waals surface area contributed by atoms with Gasteiger partial charge in [-0.1, -0.05) is 30.2 Å². The quantitative estimate of drug-likeness (QED) is 0.323. The zero-order chi connectivity index (χ0) is 21.2. The summed E-state index contributed by atoms with van der Waals surface area (Å²) in [6, 6.07) is 2.02. The molecule has 0 aromatic carbocycles. The van der Waals surface area contributed by atoms with Crippen LogP contribution in [0.2, 0.25) is 0 Å². The zero-order valence-electron chi connectivity index (χ0n) is 18.2. The topological polar surface area (TPSA) is 59.7 Å². The molecule has 0 amide bonds. The average molecular weight is 399 g/mol. The molecule has 0 spiro atoms. The number of cyclic esters (lactones) is 1. The average Bonchev–Trinajstić information content (AvgIpc) is 3.27. The normalized spacial score (nSPS) is 17.9. The highest BCUT2D eigenvalue weighted by atomic mass is 16.6. The number of rotatable bonds is 11. The number of hydrogen-bond acceptors (Lipinski definition) is 4. The molecule has 1 N–H and O–H groups in total. The Hall–Kier alpha value is -2.49. The maximum Gasteiger partial charge on any atom is 0.343 e. The first-order chi connectivity index (χ1) is 13.9. The van der Waals surface area contributed by atoms with Gasteiger partial charge in [-0.2, -0.15) is 0 Å². The number of furan rings is 1. The molecule has 0 saturated carbocycles. The Balaban J connectivity index is 1.63. The molecule has 0 fully saturated rings. The second-order valence-corrected chi connectivity index (χ2v) is 8.07. The number of hydrogen-bond donors (Lipinski definition) is 1. The number of ether oxygens (including phenoxy) is 1. The van der Waals surface area contributed by atoms with E-state index in [0.29, 0.717) is 5.76 Å². The lowest BCUT2D eigenvalue weighted by atomic mass is 9.99. The van der Waals surface area contributed by atoms with Crippen molar-refractivity contribution in [2.24, 2.45) is 5.92 Å². The number of aliphatic hydroxyl groups excluding tert-OH is 1. The van der Waals surface area contributed by atoms with E-state index in [1.54, 1.807) is 13.2 Å². The van der Waals surface area contributed by atoms with E-state index in [1.807, 2.05) is 18.4 Å². The molecule has 29 heavy (non-hydrogen) atoms. The predicted molar refractivity (Wildman–Crippen MR) is 116 cm³/mol. The van der Waals surface area contributed by atoms with Crippen LogP contribution in [0.4, 0.5) is 0 Å². The maximum atomic E-state index is 11.4. The van der Waals surface area contributed by atoms with Crippen LogP contribution in [0.1, 0.15) is 71.8 Å². The number of esters is 1. The third-order valence-electron chi connectivity index (χ3n) is 5.30. The number of aliphatic hydroxyl groups is 1. The number of aryl methyl sites for hydroxylation is 1. The first kappa shape index (κ1) is 22.8. The van der Waals surface area contributed by atoms with Gasteiger partial charge in [-0.25, -0.2) is 4.79 Å². The van der Waals surface area contributed by atoms with E-state index in [0.717, 1.165) is 44.9 Å². The maximum absolute atomic E-state index is 11.4. The van der Waals surface area contributed by atoms with Gasteiger partial charge in [0, 0.05) is 0 Å². The van der Waals surface area contributed by atoms with Crippen molar-refractivity contribution in [1.82, 2.24) is 0 Å². The minimum absolute atomic E-state index is 0.0221. The Morgan fingerprint density at radius 3 is 2.55 bits per heavy atom. The van der Waals surface area contributed by atoms with Crippen LogP contribution in [-0.4, -0.2) is 11.1 Å². The molecule has 1 aromatic heterocycles. The van der Waals surface area contributed by atoms with Gasteiger partial charge < -0.3 is 14.3 Å². The van der Waals surface area contributed by atoms with E-state index in [-0.39, 0.29) is 17.3 Å². The van der Waals surface area contributed by atoms with Gasteiger partial charge >= 0.3 is 5.97 Å². The van der Waals surface area contributed by atoms with Crippen LogP contribution in [0.3, 0.4) is 0 Å². The predicted octanol–water partition coefficient (Wildman–Crippen LogP) is 6.96. The summed E-state index contributed by atoms with van der Waals surface area (Å²) in [5.74, 6) is 0.0815. The van der Waals surface area contributed by atoms with Crippen molar-refractivity contribution in [2.75, 3.05) is 0 Å². The van der Waals surface area contributed by atoms with Crippen LogP contribution in [0.15, 0.2) is 69.5 Å². The lowest BCUT2D eigenvalue weighted by molar-refractivity contribution is -0.133. The van der Waals surface area contributed by atoms with Gasteiger partial charge in [-0.05, 0) is 89.3 Å². The molecule has 1 atom stereocenters. The Morgan fingerprint density at radius 2 is 1.90 bits per heavy atom. The molecule has 0 unspecified atom stereocenters. The molecule has 0 bridgehead atoms. The summed E-state index contributed by atoms with van der Waals surface area (Å²) in [7, 11) is 0. The van der Waals surface area contributed by atoms with Crippen LogP contribution in [0.5, 0.6) is 0 Å². The minimum atomic E-state index is -0.453. The van der Waals surface area contributed by atoms with E-state index in [1.165, 1.54) is 16.7 Å². The summed E-state index contributed by atoms with van der Waals surface area (Å²) in [4.78, 5) is 11.4. The Morgan fingerprint density at radius 1 is 1.17 bits per heavy atom. The summed E-state index contributed by atoms with van der Waals surface area (Å²) >= 11 is 0. The van der Waals surface area contributed by atoms with Gasteiger partial charge in [-0.15, -0.1) is 0 Å². The van der Waals surface area contributed by atoms with Crippen molar-refractivity contribution >= 4 is 5.97 Å². The molecule has 1 aromatic rings. The largest absolute Gasteiger partial charge is 0.504 e. The molecule has 2 rings (SSSR count). The number of carbonyl (C=O) groups is 1. The van der Waals surface area contributed by atoms with Crippen LogP contribution >= 0.6 is 0 Å². The third kappa shape index (κ3) is 7.80. The van der Waals surface area contributed by atoms with Crippen molar-refractivity contribution < 1.29 is 19.1 Å². The number of carbonyl (C=O) groups excluding carboxylic acids is 1. The second-order valence-electron chi connectivity index (χ2n) is 8.07. The molecule has 1 aliphatic heterocycles. The SMILES string of the molecule is CC1=C(O)/C(=C/[C@@H](C)CCC/C(C)=C/CC/C(C)=C/CCc2ccoc2)OC1=O. The molecule has 4 nitrogen and oxygen atoms in total. The molecule has 158 valence electrons. The second kappa shape index (κ2) is 11.5. The molecular formula is C25H34O4. The van der Waals surface area contributed by atoms with Crippen molar-refractivity contribution in [2.45, 2.75) is 72.6 Å².